The zero-order valence-corrected chi connectivity index (χ0v) is 9.42. The van der Waals surface area contributed by atoms with Crippen molar-refractivity contribution in [1.29, 1.82) is 0 Å². The van der Waals surface area contributed by atoms with Crippen LogP contribution in [-0.4, -0.2) is 10.7 Å². The lowest BCUT2D eigenvalue weighted by Gasteiger charge is -2.18. The maximum atomic E-state index is 11.6. The number of carbonyl (C=O) groups is 1. The van der Waals surface area contributed by atoms with Crippen LogP contribution >= 0.6 is 0 Å². The Balaban J connectivity index is 2.85. The zero-order chi connectivity index (χ0) is 10.9. The SMILES string of the molecule is Cc1ccc(C)n1OC(=O)C(C)(C)C. The summed E-state index contributed by atoms with van der Waals surface area (Å²) in [7, 11) is 0. The summed E-state index contributed by atoms with van der Waals surface area (Å²) in [5.41, 5.74) is 1.39. The van der Waals surface area contributed by atoms with Crippen LogP contribution in [0.3, 0.4) is 0 Å². The summed E-state index contributed by atoms with van der Waals surface area (Å²) in [5.74, 6) is -0.222. The van der Waals surface area contributed by atoms with E-state index in [4.69, 9.17) is 4.84 Å². The van der Waals surface area contributed by atoms with Gasteiger partial charge in [-0.2, -0.15) is 4.73 Å². The van der Waals surface area contributed by atoms with Crippen molar-refractivity contribution in [2.24, 2.45) is 5.41 Å². The largest absolute Gasteiger partial charge is 0.338 e. The van der Waals surface area contributed by atoms with Crippen molar-refractivity contribution in [2.75, 3.05) is 0 Å². The van der Waals surface area contributed by atoms with Crippen LogP contribution in [0.5, 0.6) is 0 Å². The molecule has 0 bridgehead atoms. The average Bonchev–Trinajstić information content (AvgIpc) is 2.34. The highest BCUT2D eigenvalue weighted by Crippen LogP contribution is 2.15. The van der Waals surface area contributed by atoms with Crippen molar-refractivity contribution < 1.29 is 9.63 Å². The van der Waals surface area contributed by atoms with Crippen molar-refractivity contribution in [1.82, 2.24) is 4.73 Å². The fraction of sp³-hybridized carbons (Fsp3) is 0.545. The first kappa shape index (κ1) is 10.8. The van der Waals surface area contributed by atoms with Gasteiger partial charge in [-0.05, 0) is 46.8 Å². The number of rotatable bonds is 1. The Morgan fingerprint density at radius 1 is 1.21 bits per heavy atom. The van der Waals surface area contributed by atoms with E-state index in [0.29, 0.717) is 0 Å². The molecule has 0 spiro atoms. The van der Waals surface area contributed by atoms with E-state index >= 15 is 0 Å². The molecule has 3 heteroatoms. The lowest BCUT2D eigenvalue weighted by molar-refractivity contribution is -0.153. The second kappa shape index (κ2) is 3.48. The van der Waals surface area contributed by atoms with Gasteiger partial charge in [0.2, 0.25) is 0 Å². The Labute approximate surface area is 84.6 Å². The molecule has 0 saturated carbocycles. The maximum Gasteiger partial charge on any atom is 0.338 e. The van der Waals surface area contributed by atoms with Crippen LogP contribution in [0.25, 0.3) is 0 Å². The van der Waals surface area contributed by atoms with Gasteiger partial charge < -0.3 is 4.84 Å². The molecule has 0 unspecified atom stereocenters. The van der Waals surface area contributed by atoms with Crippen molar-refractivity contribution in [3.8, 4) is 0 Å². The minimum Gasteiger partial charge on any atom is -0.336 e. The van der Waals surface area contributed by atoms with Crippen LogP contribution in [0, 0.1) is 19.3 Å². The standard InChI is InChI=1S/C11H17NO2/c1-8-6-7-9(2)12(8)14-10(13)11(3,4)5/h6-7H,1-5H3. The molecule has 0 saturated heterocycles. The van der Waals surface area contributed by atoms with Gasteiger partial charge >= 0.3 is 5.97 Å². The van der Waals surface area contributed by atoms with Gasteiger partial charge in [-0.1, -0.05) is 0 Å². The van der Waals surface area contributed by atoms with Crippen molar-refractivity contribution in [3.05, 3.63) is 23.5 Å². The molecule has 1 rings (SSSR count). The third-order valence-electron chi connectivity index (χ3n) is 1.99. The molecule has 1 aromatic heterocycles. The minimum absolute atomic E-state index is 0.222. The molecule has 0 aliphatic heterocycles. The molecule has 0 radical (unpaired) electrons. The number of aromatic nitrogens is 1. The normalized spacial score (nSPS) is 11.5. The van der Waals surface area contributed by atoms with E-state index in [1.807, 2.05) is 46.8 Å². The highest BCUT2D eigenvalue weighted by atomic mass is 16.7. The number of carbonyl (C=O) groups excluding carboxylic acids is 1. The summed E-state index contributed by atoms with van der Waals surface area (Å²) < 4.78 is 1.56. The summed E-state index contributed by atoms with van der Waals surface area (Å²) in [4.78, 5) is 16.9. The summed E-state index contributed by atoms with van der Waals surface area (Å²) in [6.45, 7) is 9.32. The molecule has 0 aliphatic rings. The maximum absolute atomic E-state index is 11.6. The van der Waals surface area contributed by atoms with Crippen LogP contribution in [0.2, 0.25) is 0 Å². The summed E-state index contributed by atoms with van der Waals surface area (Å²) in [6.07, 6.45) is 0. The fourth-order valence-electron chi connectivity index (χ4n) is 1.02. The van der Waals surface area contributed by atoms with Gasteiger partial charge in [-0.15, -0.1) is 0 Å². The predicted octanol–water partition coefficient (Wildman–Crippen LogP) is 2.11. The number of hydrogen-bond donors (Lipinski definition) is 0. The molecular weight excluding hydrogens is 178 g/mol. The van der Waals surface area contributed by atoms with Gasteiger partial charge in [-0.25, -0.2) is 4.79 Å². The third kappa shape index (κ3) is 2.16. The van der Waals surface area contributed by atoms with Crippen LogP contribution < -0.4 is 4.84 Å². The quantitative estimate of drug-likeness (QED) is 0.687. The van der Waals surface area contributed by atoms with Crippen LogP contribution in [0.4, 0.5) is 0 Å². The zero-order valence-electron chi connectivity index (χ0n) is 9.42. The number of nitrogens with zero attached hydrogens (tertiary/aromatic N) is 1. The van der Waals surface area contributed by atoms with Crippen molar-refractivity contribution in [2.45, 2.75) is 34.6 Å². The van der Waals surface area contributed by atoms with Gasteiger partial charge in [0.25, 0.3) is 0 Å². The molecule has 0 N–H and O–H groups in total. The third-order valence-corrected chi connectivity index (χ3v) is 1.99. The summed E-state index contributed by atoms with van der Waals surface area (Å²) >= 11 is 0. The Morgan fingerprint density at radius 3 is 2.00 bits per heavy atom. The minimum atomic E-state index is -0.469. The first-order chi connectivity index (χ1) is 6.32. The molecule has 0 aliphatic carbocycles. The molecule has 1 aromatic rings. The predicted molar refractivity (Wildman–Crippen MR) is 54.9 cm³/mol. The molecule has 0 fully saturated rings. The molecule has 78 valence electrons. The van der Waals surface area contributed by atoms with Crippen LogP contribution in [0.1, 0.15) is 32.2 Å². The van der Waals surface area contributed by atoms with Crippen LogP contribution in [0.15, 0.2) is 12.1 Å². The van der Waals surface area contributed by atoms with E-state index in [9.17, 15) is 4.79 Å². The summed E-state index contributed by atoms with van der Waals surface area (Å²) in [6, 6.07) is 3.84. The van der Waals surface area contributed by atoms with E-state index in [2.05, 4.69) is 0 Å². The lowest BCUT2D eigenvalue weighted by atomic mass is 9.98. The van der Waals surface area contributed by atoms with Gasteiger partial charge in [0.15, 0.2) is 0 Å². The molecular formula is C11H17NO2. The molecule has 0 atom stereocenters. The molecule has 0 amide bonds. The number of hydrogen-bond acceptors (Lipinski definition) is 2. The molecule has 14 heavy (non-hydrogen) atoms. The topological polar surface area (TPSA) is 31.2 Å². The molecule has 0 aromatic carbocycles. The Hall–Kier alpha value is -1.25. The Bertz CT molecular complexity index is 325. The van der Waals surface area contributed by atoms with Gasteiger partial charge in [-0.3, -0.25) is 0 Å². The Kier molecular flexibility index (Phi) is 2.69. The lowest BCUT2D eigenvalue weighted by Crippen LogP contribution is -2.32. The second-order valence-corrected chi connectivity index (χ2v) is 4.54. The Morgan fingerprint density at radius 2 is 1.64 bits per heavy atom. The summed E-state index contributed by atoms with van der Waals surface area (Å²) in [5, 5.41) is 0. The second-order valence-electron chi connectivity index (χ2n) is 4.54. The highest BCUT2D eigenvalue weighted by Gasteiger charge is 2.24. The van der Waals surface area contributed by atoms with Gasteiger partial charge in [0, 0.05) is 0 Å². The molecule has 3 nitrogen and oxygen atoms in total. The van der Waals surface area contributed by atoms with Gasteiger partial charge in [0.1, 0.15) is 0 Å². The first-order valence-corrected chi connectivity index (χ1v) is 4.70. The first-order valence-electron chi connectivity index (χ1n) is 4.70. The van der Waals surface area contributed by atoms with E-state index < -0.39 is 5.41 Å². The molecule has 1 heterocycles. The average molecular weight is 195 g/mol. The number of aryl methyl sites for hydroxylation is 2. The van der Waals surface area contributed by atoms with E-state index in [-0.39, 0.29) is 5.97 Å². The van der Waals surface area contributed by atoms with Crippen LogP contribution in [-0.2, 0) is 4.79 Å². The van der Waals surface area contributed by atoms with Crippen molar-refractivity contribution >= 4 is 5.97 Å². The fourth-order valence-corrected chi connectivity index (χ4v) is 1.02. The highest BCUT2D eigenvalue weighted by molar-refractivity contribution is 5.75. The van der Waals surface area contributed by atoms with Gasteiger partial charge in [0.05, 0.1) is 16.8 Å². The smallest absolute Gasteiger partial charge is 0.336 e. The van der Waals surface area contributed by atoms with E-state index in [1.54, 1.807) is 4.73 Å². The van der Waals surface area contributed by atoms with E-state index in [0.717, 1.165) is 11.4 Å². The van der Waals surface area contributed by atoms with E-state index in [1.165, 1.54) is 0 Å². The van der Waals surface area contributed by atoms with Crippen molar-refractivity contribution in [3.63, 3.8) is 0 Å². The monoisotopic (exact) mass is 195 g/mol.